The summed E-state index contributed by atoms with van der Waals surface area (Å²) in [5.41, 5.74) is 8.42. The highest BCUT2D eigenvalue weighted by Gasteiger charge is 2.41. The molecule has 0 radical (unpaired) electrons. The van der Waals surface area contributed by atoms with Gasteiger partial charge in [-0.1, -0.05) is 42.5 Å². The molecule has 1 saturated heterocycles. The van der Waals surface area contributed by atoms with Gasteiger partial charge in [0.1, 0.15) is 18.2 Å². The zero-order valence-corrected chi connectivity index (χ0v) is 27.5. The summed E-state index contributed by atoms with van der Waals surface area (Å²) in [6, 6.07) is 20.4. The average molecular weight is 646 g/mol. The number of amides is 1. The smallest absolute Gasteiger partial charge is 0.314 e. The molecule has 250 valence electrons. The van der Waals surface area contributed by atoms with Crippen LogP contribution in [-0.2, 0) is 30.3 Å². The second kappa shape index (κ2) is 15.5. The fourth-order valence-corrected chi connectivity index (χ4v) is 5.28. The van der Waals surface area contributed by atoms with Crippen LogP contribution < -0.4 is 19.9 Å². The Balaban J connectivity index is 1.42. The maximum atomic E-state index is 13.6. The molecule has 11 heteroatoms. The van der Waals surface area contributed by atoms with Crippen molar-refractivity contribution in [1.29, 1.82) is 5.41 Å². The number of nitrogen functional groups attached to an aromatic ring is 1. The Labute approximate surface area is 275 Å². The second-order valence-electron chi connectivity index (χ2n) is 12.4. The van der Waals surface area contributed by atoms with Gasteiger partial charge in [-0.3, -0.25) is 19.8 Å². The number of amidine groups is 1. The number of hydrogen-bond donors (Lipinski definition) is 2. The number of carbonyl (C=O) groups excluding carboxylic acids is 3. The van der Waals surface area contributed by atoms with Crippen LogP contribution >= 0.6 is 0 Å². The van der Waals surface area contributed by atoms with E-state index in [4.69, 9.17) is 34.8 Å². The lowest BCUT2D eigenvalue weighted by atomic mass is 9.98. The van der Waals surface area contributed by atoms with Gasteiger partial charge in [-0.05, 0) is 74.6 Å². The van der Waals surface area contributed by atoms with E-state index < -0.39 is 30.1 Å². The van der Waals surface area contributed by atoms with E-state index in [0.717, 1.165) is 16.7 Å². The van der Waals surface area contributed by atoms with Gasteiger partial charge in [-0.25, -0.2) is 0 Å². The Morgan fingerprint density at radius 2 is 1.55 bits per heavy atom. The van der Waals surface area contributed by atoms with Crippen LogP contribution in [0.5, 0.6) is 17.2 Å². The highest BCUT2D eigenvalue weighted by Crippen LogP contribution is 2.31. The van der Waals surface area contributed by atoms with E-state index in [-0.39, 0.29) is 30.8 Å². The van der Waals surface area contributed by atoms with Crippen molar-refractivity contribution < 1.29 is 38.1 Å². The third-order valence-corrected chi connectivity index (χ3v) is 7.98. The summed E-state index contributed by atoms with van der Waals surface area (Å²) in [5, 5.41) is 7.58. The van der Waals surface area contributed by atoms with Crippen molar-refractivity contribution in [1.82, 2.24) is 4.90 Å². The van der Waals surface area contributed by atoms with Gasteiger partial charge >= 0.3 is 11.9 Å². The number of nitrogens with two attached hydrogens (primary N) is 1. The molecule has 2 atom stereocenters. The first-order valence-corrected chi connectivity index (χ1v) is 15.4. The molecular weight excluding hydrogens is 602 g/mol. The Bertz CT molecular complexity index is 1560. The summed E-state index contributed by atoms with van der Waals surface area (Å²) >= 11 is 0. The van der Waals surface area contributed by atoms with Crippen molar-refractivity contribution in [3.05, 3.63) is 77.9 Å². The van der Waals surface area contributed by atoms with Crippen LogP contribution in [-0.4, -0.2) is 68.8 Å². The highest BCUT2D eigenvalue weighted by atomic mass is 16.7. The quantitative estimate of drug-likeness (QED) is 0.107. The molecular formula is C36H43N3O8. The van der Waals surface area contributed by atoms with Crippen LogP contribution in [0.25, 0.3) is 11.1 Å². The van der Waals surface area contributed by atoms with E-state index >= 15 is 0 Å². The zero-order valence-electron chi connectivity index (χ0n) is 27.5. The van der Waals surface area contributed by atoms with Crippen LogP contribution in [0.4, 0.5) is 0 Å². The number of benzene rings is 3. The van der Waals surface area contributed by atoms with E-state index in [1.807, 2.05) is 54.6 Å². The van der Waals surface area contributed by atoms with Gasteiger partial charge in [0, 0.05) is 12.1 Å². The normalized spacial score (nSPS) is 16.0. The minimum absolute atomic E-state index is 0.0178. The molecule has 0 aromatic heterocycles. The Morgan fingerprint density at radius 1 is 0.915 bits per heavy atom. The number of carbonyl (C=O) groups is 3. The van der Waals surface area contributed by atoms with Gasteiger partial charge in [0.05, 0.1) is 38.0 Å². The Morgan fingerprint density at radius 3 is 2.15 bits per heavy atom. The third kappa shape index (κ3) is 9.25. The SMILES string of the molecule is COc1ccc(CCN2C(=O)[C@H](CC(=O)OCOC(=O)C(C)(C)C)C[C@H]2COc2ccc(-c3ccc(C(=N)N)cc3)cc2)cc1OC. The zero-order chi connectivity index (χ0) is 34.1. The van der Waals surface area contributed by atoms with E-state index in [0.29, 0.717) is 42.2 Å². The number of ether oxygens (including phenoxy) is 5. The molecule has 1 heterocycles. The lowest BCUT2D eigenvalue weighted by Crippen LogP contribution is -2.39. The number of rotatable bonds is 14. The molecule has 3 N–H and O–H groups in total. The first kappa shape index (κ1) is 34.8. The van der Waals surface area contributed by atoms with Crippen LogP contribution in [0.15, 0.2) is 66.7 Å². The third-order valence-electron chi connectivity index (χ3n) is 7.98. The summed E-state index contributed by atoms with van der Waals surface area (Å²) in [5.74, 6) is 0.0220. The summed E-state index contributed by atoms with van der Waals surface area (Å²) < 4.78 is 27.1. The maximum Gasteiger partial charge on any atom is 0.314 e. The predicted molar refractivity (Wildman–Crippen MR) is 176 cm³/mol. The molecule has 1 aliphatic rings. The molecule has 1 amide bonds. The lowest BCUT2D eigenvalue weighted by molar-refractivity contribution is -0.174. The summed E-state index contributed by atoms with van der Waals surface area (Å²) in [7, 11) is 3.15. The lowest BCUT2D eigenvalue weighted by Gasteiger charge is -2.25. The molecule has 11 nitrogen and oxygen atoms in total. The van der Waals surface area contributed by atoms with E-state index in [2.05, 4.69) is 0 Å². The fourth-order valence-electron chi connectivity index (χ4n) is 5.28. The molecule has 1 aliphatic heterocycles. The standard InChI is InChI=1S/C36H43N3O8/c1-36(2,3)35(42)47-22-46-32(40)20-27-19-28(39(34(27)41)17-16-23-6-15-30(43-4)31(18-23)44-5)21-45-29-13-11-25(12-14-29)24-7-9-26(10-8-24)33(37)38/h6-15,18,27-28H,16-17,19-22H2,1-5H3,(H3,37,38)/t27-,28-/m0/s1. The van der Waals surface area contributed by atoms with Crippen LogP contribution in [0.3, 0.4) is 0 Å². The number of likely N-dealkylation sites (tertiary alicyclic amines) is 1. The number of nitrogens with one attached hydrogen (secondary N) is 1. The molecule has 3 aromatic rings. The molecule has 0 bridgehead atoms. The van der Waals surface area contributed by atoms with Gasteiger partial charge in [-0.2, -0.15) is 0 Å². The molecule has 4 rings (SSSR count). The minimum Gasteiger partial charge on any atom is -0.493 e. The number of nitrogens with zero attached hydrogens (tertiary/aromatic N) is 1. The molecule has 0 spiro atoms. The average Bonchev–Trinajstić information content (AvgIpc) is 3.35. The number of methoxy groups -OCH3 is 2. The summed E-state index contributed by atoms with van der Waals surface area (Å²) in [6.45, 7) is 5.26. The monoisotopic (exact) mass is 645 g/mol. The predicted octanol–water partition coefficient (Wildman–Crippen LogP) is 4.97. The second-order valence-corrected chi connectivity index (χ2v) is 12.4. The van der Waals surface area contributed by atoms with E-state index in [1.54, 1.807) is 52.0 Å². The molecule has 47 heavy (non-hydrogen) atoms. The first-order chi connectivity index (χ1) is 22.4. The van der Waals surface area contributed by atoms with Crippen molar-refractivity contribution in [2.24, 2.45) is 17.1 Å². The van der Waals surface area contributed by atoms with Crippen LogP contribution in [0.2, 0.25) is 0 Å². The topological polar surface area (TPSA) is 150 Å². The number of hydrogen-bond acceptors (Lipinski definition) is 9. The van der Waals surface area contributed by atoms with Crippen LogP contribution in [0, 0.1) is 16.7 Å². The van der Waals surface area contributed by atoms with Crippen LogP contribution in [0.1, 0.15) is 44.7 Å². The largest absolute Gasteiger partial charge is 0.493 e. The van der Waals surface area contributed by atoms with Gasteiger partial charge in [0.15, 0.2) is 11.5 Å². The van der Waals surface area contributed by atoms with E-state index in [1.165, 1.54) is 0 Å². The van der Waals surface area contributed by atoms with Crippen molar-refractivity contribution in [2.75, 3.05) is 34.2 Å². The van der Waals surface area contributed by atoms with Crippen molar-refractivity contribution >= 4 is 23.7 Å². The Kier molecular flexibility index (Phi) is 11.5. The maximum absolute atomic E-state index is 13.6. The van der Waals surface area contributed by atoms with Gasteiger partial charge in [-0.15, -0.1) is 0 Å². The first-order valence-electron chi connectivity index (χ1n) is 15.4. The molecule has 3 aromatic carbocycles. The molecule has 0 aliphatic carbocycles. The minimum atomic E-state index is -0.725. The number of esters is 2. The Hall–Kier alpha value is -5.06. The van der Waals surface area contributed by atoms with Crippen molar-refractivity contribution in [3.8, 4) is 28.4 Å². The summed E-state index contributed by atoms with van der Waals surface area (Å²) in [6.07, 6.45) is 0.828. The van der Waals surface area contributed by atoms with Gasteiger partial charge in [0.2, 0.25) is 12.7 Å². The van der Waals surface area contributed by atoms with Gasteiger partial charge in [0.25, 0.3) is 0 Å². The molecule has 0 saturated carbocycles. The van der Waals surface area contributed by atoms with Crippen molar-refractivity contribution in [3.63, 3.8) is 0 Å². The molecule has 1 fully saturated rings. The highest BCUT2D eigenvalue weighted by molar-refractivity contribution is 5.95. The van der Waals surface area contributed by atoms with E-state index in [9.17, 15) is 14.4 Å². The van der Waals surface area contributed by atoms with Gasteiger partial charge < -0.3 is 34.3 Å². The summed E-state index contributed by atoms with van der Waals surface area (Å²) in [4.78, 5) is 40.0. The molecule has 0 unspecified atom stereocenters. The van der Waals surface area contributed by atoms with Crippen molar-refractivity contribution in [2.45, 2.75) is 46.1 Å². The fraction of sp³-hybridized carbons (Fsp3) is 0.389.